The molecule has 5 nitrogen and oxygen atoms in total. The molecule has 0 unspecified atom stereocenters. The molecular formula is C14H17N3O2S. The number of hydrogen-bond donors (Lipinski definition) is 1. The summed E-state index contributed by atoms with van der Waals surface area (Å²) in [4.78, 5) is 14.4. The van der Waals surface area contributed by atoms with Crippen LogP contribution in [-0.4, -0.2) is 25.2 Å². The fourth-order valence-corrected chi connectivity index (χ4v) is 2.35. The molecule has 1 amide bonds. The Balaban J connectivity index is 1.93. The largest absolute Gasteiger partial charge is 0.440 e. The van der Waals surface area contributed by atoms with E-state index in [4.69, 9.17) is 4.42 Å². The van der Waals surface area contributed by atoms with Gasteiger partial charge in [0.2, 0.25) is 0 Å². The number of hydrogen-bond acceptors (Lipinski definition) is 5. The van der Waals surface area contributed by atoms with Gasteiger partial charge in [0, 0.05) is 19.2 Å². The summed E-state index contributed by atoms with van der Waals surface area (Å²) in [6, 6.07) is 7.30. The van der Waals surface area contributed by atoms with Crippen LogP contribution in [0.1, 0.15) is 29.3 Å². The van der Waals surface area contributed by atoms with E-state index in [-0.39, 0.29) is 5.91 Å². The minimum atomic E-state index is -0.216. The molecule has 0 atom stereocenters. The third-order valence-corrected chi connectivity index (χ3v) is 3.66. The molecule has 2 aromatic rings. The molecule has 2 rings (SSSR count). The topological polar surface area (TPSA) is 57.8 Å². The maximum Gasteiger partial charge on any atom is 0.281 e. The zero-order chi connectivity index (χ0) is 14.4. The molecule has 0 aliphatic carbocycles. The summed E-state index contributed by atoms with van der Waals surface area (Å²) in [5, 5.41) is 5.74. The van der Waals surface area contributed by atoms with Gasteiger partial charge in [-0.2, -0.15) is 5.10 Å². The molecule has 0 spiro atoms. The molecule has 0 aromatic carbocycles. The molecule has 0 radical (unpaired) electrons. The van der Waals surface area contributed by atoms with Gasteiger partial charge in [0.25, 0.3) is 5.91 Å². The third kappa shape index (κ3) is 3.48. The summed E-state index contributed by atoms with van der Waals surface area (Å²) in [5.41, 5.74) is 2.47. The second-order valence-corrected chi connectivity index (χ2v) is 4.97. The third-order valence-electron chi connectivity index (χ3n) is 2.79. The van der Waals surface area contributed by atoms with Crippen molar-refractivity contribution in [3.63, 3.8) is 0 Å². The van der Waals surface area contributed by atoms with Gasteiger partial charge >= 0.3 is 0 Å². The van der Waals surface area contributed by atoms with Crippen LogP contribution in [0.5, 0.6) is 0 Å². The fraction of sp³-hybridized carbons (Fsp3) is 0.286. The summed E-state index contributed by atoms with van der Waals surface area (Å²) in [7, 11) is 0. The van der Waals surface area contributed by atoms with Crippen molar-refractivity contribution < 1.29 is 9.21 Å². The average Bonchev–Trinajstić information content (AvgIpc) is 3.11. The zero-order valence-electron chi connectivity index (χ0n) is 11.5. The van der Waals surface area contributed by atoms with Crippen molar-refractivity contribution in [1.29, 1.82) is 0 Å². The first-order chi connectivity index (χ1) is 9.74. The van der Waals surface area contributed by atoms with Gasteiger partial charge in [-0.3, -0.25) is 4.79 Å². The van der Waals surface area contributed by atoms with Crippen LogP contribution in [0.15, 0.2) is 39.2 Å². The number of carbonyl (C=O) groups is 1. The van der Waals surface area contributed by atoms with Crippen LogP contribution in [0.3, 0.4) is 0 Å². The lowest BCUT2D eigenvalue weighted by atomic mass is 10.4. The maximum atomic E-state index is 11.6. The minimum absolute atomic E-state index is 0.216. The molecule has 6 heteroatoms. The molecule has 0 bridgehead atoms. The van der Waals surface area contributed by atoms with Gasteiger partial charge in [0.1, 0.15) is 5.76 Å². The predicted octanol–water partition coefficient (Wildman–Crippen LogP) is 2.95. The molecule has 2 aromatic heterocycles. The highest BCUT2D eigenvalue weighted by atomic mass is 32.1. The van der Waals surface area contributed by atoms with Crippen molar-refractivity contribution in [3.05, 3.63) is 40.3 Å². The standard InChI is InChI=1S/C14H17N3O2S/c1-3-17(4-2)13-8-7-11(19-13)10-15-16-14(18)12-6-5-9-20-12/h5-10H,3-4H2,1-2H3,(H,16,18)/b15-10-. The molecule has 0 aliphatic rings. The number of rotatable bonds is 6. The van der Waals surface area contributed by atoms with Gasteiger partial charge in [-0.05, 0) is 31.4 Å². The van der Waals surface area contributed by atoms with Crippen molar-refractivity contribution in [3.8, 4) is 0 Å². The number of amides is 1. The first-order valence-electron chi connectivity index (χ1n) is 6.46. The fourth-order valence-electron chi connectivity index (χ4n) is 1.73. The average molecular weight is 291 g/mol. The van der Waals surface area contributed by atoms with Gasteiger partial charge in [-0.15, -0.1) is 11.3 Å². The van der Waals surface area contributed by atoms with Crippen LogP contribution in [0.2, 0.25) is 0 Å². The number of nitrogens with zero attached hydrogens (tertiary/aromatic N) is 2. The summed E-state index contributed by atoms with van der Waals surface area (Å²) in [6.45, 7) is 5.91. The molecule has 0 aliphatic heterocycles. The van der Waals surface area contributed by atoms with Gasteiger partial charge in [0.05, 0.1) is 11.1 Å². The predicted molar refractivity (Wildman–Crippen MR) is 81.6 cm³/mol. The van der Waals surface area contributed by atoms with E-state index in [9.17, 15) is 4.79 Å². The molecule has 0 fully saturated rings. The van der Waals surface area contributed by atoms with E-state index in [2.05, 4.69) is 29.3 Å². The molecular weight excluding hydrogens is 274 g/mol. The Morgan fingerprint density at radius 3 is 2.85 bits per heavy atom. The first kappa shape index (κ1) is 14.3. The van der Waals surface area contributed by atoms with Gasteiger partial charge in [0.15, 0.2) is 5.88 Å². The highest BCUT2D eigenvalue weighted by Crippen LogP contribution is 2.16. The quantitative estimate of drug-likeness (QED) is 0.657. The molecule has 2 heterocycles. The Morgan fingerprint density at radius 2 is 2.20 bits per heavy atom. The summed E-state index contributed by atoms with van der Waals surface area (Å²) in [5.74, 6) is 1.20. The summed E-state index contributed by atoms with van der Waals surface area (Å²) >= 11 is 1.38. The molecule has 106 valence electrons. The van der Waals surface area contributed by atoms with Gasteiger partial charge < -0.3 is 9.32 Å². The summed E-state index contributed by atoms with van der Waals surface area (Å²) in [6.07, 6.45) is 1.50. The second kappa shape index (κ2) is 6.91. The molecule has 0 saturated carbocycles. The van der Waals surface area contributed by atoms with E-state index in [1.54, 1.807) is 6.07 Å². The minimum Gasteiger partial charge on any atom is -0.440 e. The highest BCUT2D eigenvalue weighted by molar-refractivity contribution is 7.12. The molecule has 20 heavy (non-hydrogen) atoms. The van der Waals surface area contributed by atoms with E-state index in [0.717, 1.165) is 19.0 Å². The second-order valence-electron chi connectivity index (χ2n) is 4.02. The van der Waals surface area contributed by atoms with E-state index < -0.39 is 0 Å². The Labute approximate surface area is 121 Å². The Morgan fingerprint density at radius 1 is 1.40 bits per heavy atom. The highest BCUT2D eigenvalue weighted by Gasteiger charge is 2.07. The lowest BCUT2D eigenvalue weighted by Gasteiger charge is -2.16. The number of hydrazone groups is 1. The normalized spacial score (nSPS) is 10.9. The van der Waals surface area contributed by atoms with Crippen LogP contribution in [0, 0.1) is 0 Å². The number of thiophene rings is 1. The lowest BCUT2D eigenvalue weighted by molar-refractivity contribution is 0.0959. The van der Waals surface area contributed by atoms with E-state index >= 15 is 0 Å². The van der Waals surface area contributed by atoms with Crippen molar-refractivity contribution in [2.24, 2.45) is 5.10 Å². The molecule has 0 saturated heterocycles. The van der Waals surface area contributed by atoms with E-state index in [0.29, 0.717) is 10.6 Å². The van der Waals surface area contributed by atoms with Crippen LogP contribution in [0.4, 0.5) is 5.88 Å². The smallest absolute Gasteiger partial charge is 0.281 e. The van der Waals surface area contributed by atoms with Crippen molar-refractivity contribution in [2.45, 2.75) is 13.8 Å². The molecule has 1 N–H and O–H groups in total. The lowest BCUT2D eigenvalue weighted by Crippen LogP contribution is -2.20. The zero-order valence-corrected chi connectivity index (χ0v) is 12.3. The monoisotopic (exact) mass is 291 g/mol. The van der Waals surface area contributed by atoms with Crippen LogP contribution < -0.4 is 10.3 Å². The SMILES string of the molecule is CCN(CC)c1ccc(/C=N\NC(=O)c2cccs2)o1. The Kier molecular flexibility index (Phi) is 4.95. The van der Waals surface area contributed by atoms with E-state index in [1.807, 2.05) is 23.6 Å². The first-order valence-corrected chi connectivity index (χ1v) is 7.34. The van der Waals surface area contributed by atoms with Crippen LogP contribution >= 0.6 is 11.3 Å². The maximum absolute atomic E-state index is 11.6. The number of carbonyl (C=O) groups excluding carboxylic acids is 1. The number of furan rings is 1. The summed E-state index contributed by atoms with van der Waals surface area (Å²) < 4.78 is 5.63. The van der Waals surface area contributed by atoms with Gasteiger partial charge in [-0.25, -0.2) is 5.43 Å². The van der Waals surface area contributed by atoms with Crippen molar-refractivity contribution >= 4 is 29.3 Å². The Hall–Kier alpha value is -2.08. The van der Waals surface area contributed by atoms with Gasteiger partial charge in [-0.1, -0.05) is 6.07 Å². The van der Waals surface area contributed by atoms with Crippen molar-refractivity contribution in [2.75, 3.05) is 18.0 Å². The Bertz CT molecular complexity index is 571. The van der Waals surface area contributed by atoms with Crippen LogP contribution in [0.25, 0.3) is 0 Å². The number of nitrogens with one attached hydrogen (secondary N) is 1. The van der Waals surface area contributed by atoms with Crippen LogP contribution in [-0.2, 0) is 0 Å². The van der Waals surface area contributed by atoms with E-state index in [1.165, 1.54) is 17.6 Å². The number of anilines is 1. The van der Waals surface area contributed by atoms with Crippen molar-refractivity contribution in [1.82, 2.24) is 5.43 Å².